The van der Waals surface area contributed by atoms with Gasteiger partial charge in [0, 0.05) is 22.3 Å². The lowest BCUT2D eigenvalue weighted by Gasteiger charge is -2.04. The third-order valence-electron chi connectivity index (χ3n) is 4.17. The van der Waals surface area contributed by atoms with Crippen molar-refractivity contribution in [2.24, 2.45) is 0 Å². The van der Waals surface area contributed by atoms with Gasteiger partial charge in [0.1, 0.15) is 11.5 Å². The van der Waals surface area contributed by atoms with Crippen molar-refractivity contribution in [1.82, 2.24) is 0 Å². The standard InChI is InChI=1S/C22H20O/c1-5-17-18(6-2)22(20-14-10-8-12-16(20)4)23-21(17)19-13-9-7-11-15(19)3/h5-14H,1-2H2,3-4H3. The Morgan fingerprint density at radius 3 is 1.43 bits per heavy atom. The first kappa shape index (κ1) is 15.1. The molecule has 0 fully saturated rings. The van der Waals surface area contributed by atoms with Crippen LogP contribution in [0.1, 0.15) is 22.3 Å². The van der Waals surface area contributed by atoms with E-state index in [0.717, 1.165) is 33.8 Å². The molecule has 23 heavy (non-hydrogen) atoms. The summed E-state index contributed by atoms with van der Waals surface area (Å²) in [7, 11) is 0. The highest BCUT2D eigenvalue weighted by Gasteiger charge is 2.20. The maximum absolute atomic E-state index is 6.32. The molecule has 0 saturated heterocycles. The molecular weight excluding hydrogens is 280 g/mol. The van der Waals surface area contributed by atoms with Crippen molar-refractivity contribution in [3.63, 3.8) is 0 Å². The van der Waals surface area contributed by atoms with Crippen LogP contribution in [0, 0.1) is 13.8 Å². The van der Waals surface area contributed by atoms with E-state index in [-0.39, 0.29) is 0 Å². The van der Waals surface area contributed by atoms with E-state index in [2.05, 4.69) is 51.3 Å². The van der Waals surface area contributed by atoms with Crippen molar-refractivity contribution in [3.05, 3.63) is 83.9 Å². The summed E-state index contributed by atoms with van der Waals surface area (Å²) in [6.07, 6.45) is 3.70. The summed E-state index contributed by atoms with van der Waals surface area (Å²) in [5, 5.41) is 0. The second kappa shape index (κ2) is 6.13. The van der Waals surface area contributed by atoms with Crippen molar-refractivity contribution in [1.29, 1.82) is 0 Å². The van der Waals surface area contributed by atoms with Crippen LogP contribution < -0.4 is 0 Å². The number of hydrogen-bond donors (Lipinski definition) is 0. The molecular formula is C22H20O. The van der Waals surface area contributed by atoms with Gasteiger partial charge < -0.3 is 4.42 Å². The number of benzene rings is 2. The lowest BCUT2D eigenvalue weighted by molar-refractivity contribution is 0.595. The minimum atomic E-state index is 0.853. The molecule has 1 heterocycles. The van der Waals surface area contributed by atoms with Crippen LogP contribution in [0.15, 0.2) is 66.1 Å². The molecule has 1 nitrogen and oxygen atoms in total. The van der Waals surface area contributed by atoms with Crippen molar-refractivity contribution in [3.8, 4) is 22.6 Å². The van der Waals surface area contributed by atoms with Crippen molar-refractivity contribution < 1.29 is 4.42 Å². The average molecular weight is 300 g/mol. The molecule has 2 aromatic carbocycles. The first-order valence-electron chi connectivity index (χ1n) is 7.71. The fraction of sp³-hybridized carbons (Fsp3) is 0.0909. The maximum Gasteiger partial charge on any atom is 0.142 e. The summed E-state index contributed by atoms with van der Waals surface area (Å²) >= 11 is 0. The Morgan fingerprint density at radius 2 is 1.09 bits per heavy atom. The SMILES string of the molecule is C=Cc1c(-c2ccccc2C)oc(-c2ccccc2C)c1C=C. The molecule has 0 aliphatic rings. The molecule has 3 rings (SSSR count). The highest BCUT2D eigenvalue weighted by Crippen LogP contribution is 2.40. The van der Waals surface area contributed by atoms with Gasteiger partial charge in [-0.3, -0.25) is 0 Å². The van der Waals surface area contributed by atoms with Crippen LogP contribution in [0.25, 0.3) is 34.8 Å². The zero-order valence-corrected chi connectivity index (χ0v) is 13.6. The molecule has 0 saturated carbocycles. The van der Waals surface area contributed by atoms with Gasteiger partial charge in [0.05, 0.1) is 0 Å². The molecule has 0 aliphatic carbocycles. The monoisotopic (exact) mass is 300 g/mol. The number of hydrogen-bond acceptors (Lipinski definition) is 1. The molecule has 0 amide bonds. The van der Waals surface area contributed by atoms with Crippen LogP contribution in [-0.4, -0.2) is 0 Å². The van der Waals surface area contributed by atoms with Gasteiger partial charge in [-0.1, -0.05) is 73.8 Å². The number of furan rings is 1. The van der Waals surface area contributed by atoms with Crippen LogP contribution in [0.4, 0.5) is 0 Å². The molecule has 0 spiro atoms. The van der Waals surface area contributed by atoms with Gasteiger partial charge in [-0.05, 0) is 25.0 Å². The fourth-order valence-electron chi connectivity index (χ4n) is 2.92. The topological polar surface area (TPSA) is 13.1 Å². The van der Waals surface area contributed by atoms with Gasteiger partial charge in [0.2, 0.25) is 0 Å². The quantitative estimate of drug-likeness (QED) is 0.535. The Morgan fingerprint density at radius 1 is 0.696 bits per heavy atom. The van der Waals surface area contributed by atoms with E-state index < -0.39 is 0 Å². The summed E-state index contributed by atoms with van der Waals surface area (Å²) in [4.78, 5) is 0. The summed E-state index contributed by atoms with van der Waals surface area (Å²) in [5.41, 5.74) is 6.52. The van der Waals surface area contributed by atoms with Gasteiger partial charge in [0.25, 0.3) is 0 Å². The first-order valence-corrected chi connectivity index (χ1v) is 7.71. The lowest BCUT2D eigenvalue weighted by Crippen LogP contribution is -1.84. The fourth-order valence-corrected chi connectivity index (χ4v) is 2.92. The predicted molar refractivity (Wildman–Crippen MR) is 99.2 cm³/mol. The van der Waals surface area contributed by atoms with Gasteiger partial charge in [-0.15, -0.1) is 0 Å². The predicted octanol–water partition coefficient (Wildman–Crippen LogP) is 6.52. The molecule has 0 aliphatic heterocycles. The van der Waals surface area contributed by atoms with E-state index in [9.17, 15) is 0 Å². The Bertz CT molecular complexity index is 809. The molecule has 0 bridgehead atoms. The normalized spacial score (nSPS) is 10.5. The average Bonchev–Trinajstić information content (AvgIpc) is 2.93. The Hall–Kier alpha value is -2.80. The smallest absolute Gasteiger partial charge is 0.142 e. The van der Waals surface area contributed by atoms with E-state index in [0.29, 0.717) is 0 Å². The molecule has 1 aromatic heterocycles. The molecule has 0 N–H and O–H groups in total. The molecule has 1 heteroatoms. The van der Waals surface area contributed by atoms with Crippen molar-refractivity contribution >= 4 is 12.2 Å². The van der Waals surface area contributed by atoms with E-state index >= 15 is 0 Å². The van der Waals surface area contributed by atoms with Gasteiger partial charge in [-0.2, -0.15) is 0 Å². The van der Waals surface area contributed by atoms with E-state index in [1.54, 1.807) is 0 Å². The lowest BCUT2D eigenvalue weighted by atomic mass is 9.98. The Balaban J connectivity index is 2.32. The third-order valence-corrected chi connectivity index (χ3v) is 4.17. The van der Waals surface area contributed by atoms with Crippen LogP contribution in [0.5, 0.6) is 0 Å². The maximum atomic E-state index is 6.32. The molecule has 3 aromatic rings. The summed E-state index contributed by atoms with van der Waals surface area (Å²) in [6.45, 7) is 12.1. The van der Waals surface area contributed by atoms with E-state index in [1.807, 2.05) is 36.4 Å². The minimum Gasteiger partial charge on any atom is -0.455 e. The van der Waals surface area contributed by atoms with E-state index in [4.69, 9.17) is 4.42 Å². The minimum absolute atomic E-state index is 0.853. The molecule has 0 radical (unpaired) electrons. The van der Waals surface area contributed by atoms with Gasteiger partial charge >= 0.3 is 0 Å². The summed E-state index contributed by atoms with van der Waals surface area (Å²) in [5.74, 6) is 1.71. The van der Waals surface area contributed by atoms with Crippen molar-refractivity contribution in [2.45, 2.75) is 13.8 Å². The number of aryl methyl sites for hydroxylation is 2. The Kier molecular flexibility index (Phi) is 4.03. The van der Waals surface area contributed by atoms with Crippen LogP contribution in [-0.2, 0) is 0 Å². The van der Waals surface area contributed by atoms with Gasteiger partial charge in [-0.25, -0.2) is 0 Å². The summed E-state index contributed by atoms with van der Waals surface area (Å²) < 4.78 is 6.32. The van der Waals surface area contributed by atoms with Crippen LogP contribution in [0.3, 0.4) is 0 Å². The number of rotatable bonds is 4. The molecule has 0 atom stereocenters. The first-order chi connectivity index (χ1) is 11.2. The second-order valence-electron chi connectivity index (χ2n) is 5.63. The third kappa shape index (κ3) is 2.55. The van der Waals surface area contributed by atoms with E-state index in [1.165, 1.54) is 11.1 Å². The van der Waals surface area contributed by atoms with Gasteiger partial charge in [0.15, 0.2) is 0 Å². The second-order valence-corrected chi connectivity index (χ2v) is 5.63. The zero-order valence-electron chi connectivity index (χ0n) is 13.6. The van der Waals surface area contributed by atoms with Crippen LogP contribution >= 0.6 is 0 Å². The molecule has 0 unspecified atom stereocenters. The Labute approximate surface area is 137 Å². The van der Waals surface area contributed by atoms with Crippen molar-refractivity contribution in [2.75, 3.05) is 0 Å². The highest BCUT2D eigenvalue weighted by atomic mass is 16.3. The summed E-state index contributed by atoms with van der Waals surface area (Å²) in [6, 6.07) is 16.5. The highest BCUT2D eigenvalue weighted by molar-refractivity contribution is 5.86. The largest absolute Gasteiger partial charge is 0.455 e. The zero-order chi connectivity index (χ0) is 16.4. The van der Waals surface area contributed by atoms with Crippen LogP contribution in [0.2, 0.25) is 0 Å². The molecule has 114 valence electrons.